The van der Waals surface area contributed by atoms with Crippen LogP contribution in [0, 0.1) is 0 Å². The Balaban J connectivity index is 2.57. The number of hydrogen-bond acceptors (Lipinski definition) is 4. The molecule has 15 heavy (non-hydrogen) atoms. The number of rotatable bonds is 4. The monoisotopic (exact) mass is 208 g/mol. The Morgan fingerprint density at radius 1 is 1.67 bits per heavy atom. The maximum absolute atomic E-state index is 11.0. The van der Waals surface area contributed by atoms with Crippen molar-refractivity contribution in [2.24, 2.45) is 0 Å². The van der Waals surface area contributed by atoms with Gasteiger partial charge in [-0.2, -0.15) is 0 Å². The molecule has 0 bridgehead atoms. The number of carbonyl (C=O) groups is 1. The number of aromatic nitrogens is 1. The van der Waals surface area contributed by atoms with E-state index in [0.717, 1.165) is 0 Å². The third-order valence-electron chi connectivity index (χ3n) is 2.13. The quantitative estimate of drug-likeness (QED) is 0.743. The fraction of sp³-hybridized carbons (Fsp3) is 0.400. The van der Waals surface area contributed by atoms with E-state index in [4.69, 9.17) is 5.73 Å². The van der Waals surface area contributed by atoms with Gasteiger partial charge >= 0.3 is 0 Å². The lowest BCUT2D eigenvalue weighted by Crippen LogP contribution is -2.27. The van der Waals surface area contributed by atoms with Crippen LogP contribution in [-0.4, -0.2) is 31.5 Å². The Morgan fingerprint density at radius 3 is 3.00 bits per heavy atom. The zero-order chi connectivity index (χ0) is 11.3. The number of anilines is 2. The van der Waals surface area contributed by atoms with Crippen LogP contribution in [0.2, 0.25) is 0 Å². The van der Waals surface area contributed by atoms with Crippen LogP contribution < -0.4 is 16.0 Å². The molecular formula is C10H16N4O. The van der Waals surface area contributed by atoms with Gasteiger partial charge in [0.2, 0.25) is 5.91 Å². The maximum atomic E-state index is 11.0. The van der Waals surface area contributed by atoms with Gasteiger partial charge in [0.05, 0.1) is 5.69 Å². The van der Waals surface area contributed by atoms with Gasteiger partial charge in [0, 0.05) is 33.3 Å². The summed E-state index contributed by atoms with van der Waals surface area (Å²) in [6, 6.07) is 3.57. The van der Waals surface area contributed by atoms with Crippen LogP contribution in [0.4, 0.5) is 11.5 Å². The average molecular weight is 208 g/mol. The molecule has 1 heterocycles. The molecule has 0 aliphatic heterocycles. The third kappa shape index (κ3) is 3.12. The predicted octanol–water partition coefficient (Wildman–Crippen LogP) is 0.236. The van der Waals surface area contributed by atoms with E-state index in [1.165, 1.54) is 0 Å². The molecule has 0 saturated carbocycles. The van der Waals surface area contributed by atoms with Crippen molar-refractivity contribution in [2.45, 2.75) is 6.42 Å². The van der Waals surface area contributed by atoms with E-state index < -0.39 is 0 Å². The van der Waals surface area contributed by atoms with E-state index in [0.29, 0.717) is 24.5 Å². The van der Waals surface area contributed by atoms with Crippen molar-refractivity contribution >= 4 is 17.4 Å². The van der Waals surface area contributed by atoms with Gasteiger partial charge in [-0.3, -0.25) is 4.79 Å². The fourth-order valence-electron chi connectivity index (χ4n) is 1.23. The van der Waals surface area contributed by atoms with E-state index >= 15 is 0 Å². The first-order valence-corrected chi connectivity index (χ1v) is 4.77. The molecule has 0 unspecified atom stereocenters. The molecule has 0 aliphatic carbocycles. The molecule has 0 spiro atoms. The number of amides is 1. The molecule has 3 N–H and O–H groups in total. The lowest BCUT2D eigenvalue weighted by atomic mass is 10.3. The highest BCUT2D eigenvalue weighted by atomic mass is 16.1. The summed E-state index contributed by atoms with van der Waals surface area (Å²) in [5, 5.41) is 2.57. The lowest BCUT2D eigenvalue weighted by Gasteiger charge is -2.18. The molecule has 0 aliphatic rings. The number of nitrogens with two attached hydrogens (primary N) is 1. The number of hydrogen-bond donors (Lipinski definition) is 2. The second-order valence-corrected chi connectivity index (χ2v) is 3.26. The normalized spacial score (nSPS) is 9.73. The Morgan fingerprint density at radius 2 is 2.40 bits per heavy atom. The zero-order valence-corrected chi connectivity index (χ0v) is 9.03. The maximum Gasteiger partial charge on any atom is 0.221 e. The van der Waals surface area contributed by atoms with E-state index in [9.17, 15) is 4.79 Å². The molecule has 0 saturated heterocycles. The Bertz CT molecular complexity index is 340. The van der Waals surface area contributed by atoms with Crippen molar-refractivity contribution in [1.29, 1.82) is 0 Å². The minimum atomic E-state index is 0.0105. The van der Waals surface area contributed by atoms with Crippen molar-refractivity contribution in [1.82, 2.24) is 10.3 Å². The number of pyridine rings is 1. The first kappa shape index (κ1) is 11.3. The van der Waals surface area contributed by atoms with Gasteiger partial charge in [0.1, 0.15) is 0 Å². The number of nitrogens with one attached hydrogen (secondary N) is 1. The molecule has 0 aromatic carbocycles. The second-order valence-electron chi connectivity index (χ2n) is 3.26. The molecule has 0 atom stereocenters. The summed E-state index contributed by atoms with van der Waals surface area (Å²) in [6.45, 7) is 0.598. The smallest absolute Gasteiger partial charge is 0.221 e. The van der Waals surface area contributed by atoms with Crippen LogP contribution in [-0.2, 0) is 4.79 Å². The van der Waals surface area contributed by atoms with Gasteiger partial charge in [0.15, 0.2) is 5.82 Å². The molecule has 1 aromatic rings. The van der Waals surface area contributed by atoms with Gasteiger partial charge in [-0.05, 0) is 12.1 Å². The summed E-state index contributed by atoms with van der Waals surface area (Å²) in [4.78, 5) is 17.1. The largest absolute Gasteiger partial charge is 0.396 e. The van der Waals surface area contributed by atoms with Gasteiger partial charge in [0.25, 0.3) is 0 Å². The van der Waals surface area contributed by atoms with E-state index in [-0.39, 0.29) is 5.91 Å². The van der Waals surface area contributed by atoms with E-state index in [2.05, 4.69) is 10.3 Å². The highest BCUT2D eigenvalue weighted by molar-refractivity contribution is 5.76. The number of carbonyl (C=O) groups excluding carboxylic acids is 1. The van der Waals surface area contributed by atoms with Crippen LogP contribution in [0.15, 0.2) is 18.3 Å². The van der Waals surface area contributed by atoms with Crippen molar-refractivity contribution in [3.63, 3.8) is 0 Å². The summed E-state index contributed by atoms with van der Waals surface area (Å²) in [5.74, 6) is 0.720. The summed E-state index contributed by atoms with van der Waals surface area (Å²) in [6.07, 6.45) is 2.12. The predicted molar refractivity (Wildman–Crippen MR) is 60.6 cm³/mol. The van der Waals surface area contributed by atoms with Crippen molar-refractivity contribution in [3.8, 4) is 0 Å². The molecule has 0 radical (unpaired) electrons. The summed E-state index contributed by atoms with van der Waals surface area (Å²) < 4.78 is 0. The molecule has 1 aromatic heterocycles. The van der Waals surface area contributed by atoms with Crippen molar-refractivity contribution in [3.05, 3.63) is 18.3 Å². The van der Waals surface area contributed by atoms with Crippen LogP contribution in [0.3, 0.4) is 0 Å². The Labute approximate surface area is 89.3 Å². The SMILES string of the molecule is CNC(=O)CCN(C)c1ncccc1N. The van der Waals surface area contributed by atoms with Crippen molar-refractivity contribution in [2.75, 3.05) is 31.3 Å². The molecule has 5 nitrogen and oxygen atoms in total. The van der Waals surface area contributed by atoms with Crippen LogP contribution in [0.1, 0.15) is 6.42 Å². The van der Waals surface area contributed by atoms with Crippen LogP contribution in [0.25, 0.3) is 0 Å². The van der Waals surface area contributed by atoms with Crippen molar-refractivity contribution < 1.29 is 4.79 Å². The zero-order valence-electron chi connectivity index (χ0n) is 9.03. The molecule has 5 heteroatoms. The third-order valence-corrected chi connectivity index (χ3v) is 2.13. The summed E-state index contributed by atoms with van der Waals surface area (Å²) in [7, 11) is 3.49. The highest BCUT2D eigenvalue weighted by Gasteiger charge is 2.07. The van der Waals surface area contributed by atoms with Gasteiger partial charge < -0.3 is 16.0 Å². The first-order chi connectivity index (χ1) is 7.15. The molecule has 0 fully saturated rings. The van der Waals surface area contributed by atoms with Gasteiger partial charge in [-0.15, -0.1) is 0 Å². The average Bonchev–Trinajstić information content (AvgIpc) is 2.26. The van der Waals surface area contributed by atoms with Gasteiger partial charge in [-0.1, -0.05) is 0 Å². The topological polar surface area (TPSA) is 71.2 Å². The molecular weight excluding hydrogens is 192 g/mol. The van der Waals surface area contributed by atoms with Crippen LogP contribution >= 0.6 is 0 Å². The minimum Gasteiger partial charge on any atom is -0.396 e. The number of nitrogens with zero attached hydrogens (tertiary/aromatic N) is 2. The van der Waals surface area contributed by atoms with E-state index in [1.807, 2.05) is 11.9 Å². The minimum absolute atomic E-state index is 0.0105. The van der Waals surface area contributed by atoms with Crippen LogP contribution in [0.5, 0.6) is 0 Å². The Kier molecular flexibility index (Phi) is 3.91. The number of nitrogen functional groups attached to an aromatic ring is 1. The Hall–Kier alpha value is -1.78. The lowest BCUT2D eigenvalue weighted by molar-refractivity contribution is -0.120. The first-order valence-electron chi connectivity index (χ1n) is 4.77. The molecule has 1 rings (SSSR count). The molecule has 82 valence electrons. The molecule has 1 amide bonds. The van der Waals surface area contributed by atoms with Gasteiger partial charge in [-0.25, -0.2) is 4.98 Å². The standard InChI is InChI=1S/C10H16N4O/c1-12-9(15)5-7-14(2)10-8(11)4-3-6-13-10/h3-4,6H,5,7,11H2,1-2H3,(H,12,15). The second kappa shape index (κ2) is 5.19. The van der Waals surface area contributed by atoms with E-state index in [1.54, 1.807) is 25.4 Å². The summed E-state index contributed by atoms with van der Waals surface area (Å²) in [5.41, 5.74) is 6.38. The highest BCUT2D eigenvalue weighted by Crippen LogP contribution is 2.17. The summed E-state index contributed by atoms with van der Waals surface area (Å²) >= 11 is 0. The fourth-order valence-corrected chi connectivity index (χ4v) is 1.23.